The summed E-state index contributed by atoms with van der Waals surface area (Å²) in [5.74, 6) is 0.454. The van der Waals surface area contributed by atoms with E-state index in [9.17, 15) is 0 Å². The molecule has 20 heavy (non-hydrogen) atoms. The standard InChI is InChI=1S/C13H11N7/c14-6-10(7-15)11-5-12(9-1-3-16-4-2-9)20-13(19-11)17-8-18-20/h1-8,14H,15H2/b10-7+,14-6?. The van der Waals surface area contributed by atoms with Crippen molar-refractivity contribution in [3.8, 4) is 11.3 Å². The van der Waals surface area contributed by atoms with Crippen molar-refractivity contribution in [3.05, 3.63) is 48.8 Å². The molecule has 0 unspecified atom stereocenters. The number of nitrogens with two attached hydrogens (primary N) is 1. The first-order valence-corrected chi connectivity index (χ1v) is 5.87. The third kappa shape index (κ3) is 1.91. The zero-order valence-corrected chi connectivity index (χ0v) is 10.4. The summed E-state index contributed by atoms with van der Waals surface area (Å²) in [5.41, 5.74) is 8.36. The second kappa shape index (κ2) is 4.88. The maximum atomic E-state index is 7.38. The molecule has 0 radical (unpaired) electrons. The highest BCUT2D eigenvalue weighted by Crippen LogP contribution is 2.21. The predicted octanol–water partition coefficient (Wildman–Crippen LogP) is 1.14. The Hall–Kier alpha value is -3.09. The lowest BCUT2D eigenvalue weighted by atomic mass is 10.1. The third-order valence-corrected chi connectivity index (χ3v) is 2.86. The number of fused-ring (bicyclic) bond motifs is 1. The molecule has 3 rings (SSSR count). The Kier molecular flexibility index (Phi) is 2.92. The summed E-state index contributed by atoms with van der Waals surface area (Å²) in [4.78, 5) is 12.4. The summed E-state index contributed by atoms with van der Waals surface area (Å²) in [5, 5.41) is 11.5. The topological polar surface area (TPSA) is 106 Å². The summed E-state index contributed by atoms with van der Waals surface area (Å²) in [6.45, 7) is 0. The van der Waals surface area contributed by atoms with E-state index in [-0.39, 0.29) is 0 Å². The quantitative estimate of drug-likeness (QED) is 0.690. The van der Waals surface area contributed by atoms with Crippen LogP contribution in [-0.2, 0) is 0 Å². The van der Waals surface area contributed by atoms with Crippen molar-refractivity contribution in [1.29, 1.82) is 5.41 Å². The van der Waals surface area contributed by atoms with Crippen molar-refractivity contribution in [1.82, 2.24) is 24.6 Å². The SMILES string of the molecule is N=C/C(=C\N)c1cc(-c2ccncc2)n2ncnc2n1. The van der Waals surface area contributed by atoms with Crippen molar-refractivity contribution < 1.29 is 0 Å². The van der Waals surface area contributed by atoms with Gasteiger partial charge in [-0.25, -0.2) is 4.98 Å². The molecule has 0 spiro atoms. The van der Waals surface area contributed by atoms with Crippen LogP contribution in [0.1, 0.15) is 5.69 Å². The number of nitrogens with one attached hydrogen (secondary N) is 1. The molecule has 0 amide bonds. The Bertz CT molecular complexity index is 789. The number of rotatable bonds is 3. The van der Waals surface area contributed by atoms with Crippen LogP contribution in [0.2, 0.25) is 0 Å². The monoisotopic (exact) mass is 265 g/mol. The van der Waals surface area contributed by atoms with E-state index >= 15 is 0 Å². The Morgan fingerprint density at radius 3 is 2.80 bits per heavy atom. The molecular weight excluding hydrogens is 254 g/mol. The zero-order valence-electron chi connectivity index (χ0n) is 10.4. The number of hydrogen-bond acceptors (Lipinski definition) is 6. The lowest BCUT2D eigenvalue weighted by Gasteiger charge is -2.07. The Labute approximate surface area is 114 Å². The first-order chi connectivity index (χ1) is 9.83. The van der Waals surface area contributed by atoms with Gasteiger partial charge in [0.15, 0.2) is 0 Å². The molecule has 0 saturated heterocycles. The Balaban J connectivity index is 2.30. The van der Waals surface area contributed by atoms with Gasteiger partial charge in [0.1, 0.15) is 6.33 Å². The van der Waals surface area contributed by atoms with E-state index in [1.165, 1.54) is 12.5 Å². The molecule has 3 N–H and O–H groups in total. The van der Waals surface area contributed by atoms with Crippen LogP contribution in [0.15, 0.2) is 43.1 Å². The molecule has 0 atom stereocenters. The van der Waals surface area contributed by atoms with E-state index in [1.807, 2.05) is 18.2 Å². The molecule has 0 aliphatic carbocycles. The van der Waals surface area contributed by atoms with Crippen molar-refractivity contribution in [2.24, 2.45) is 5.73 Å². The van der Waals surface area contributed by atoms with Crippen LogP contribution in [-0.4, -0.2) is 30.8 Å². The van der Waals surface area contributed by atoms with Crippen molar-refractivity contribution in [2.75, 3.05) is 0 Å². The molecule has 98 valence electrons. The highest BCUT2D eigenvalue weighted by molar-refractivity contribution is 6.07. The van der Waals surface area contributed by atoms with E-state index < -0.39 is 0 Å². The number of aromatic nitrogens is 5. The molecule has 7 nitrogen and oxygen atoms in total. The highest BCUT2D eigenvalue weighted by Gasteiger charge is 2.11. The number of nitrogens with zero attached hydrogens (tertiary/aromatic N) is 5. The van der Waals surface area contributed by atoms with Crippen molar-refractivity contribution >= 4 is 17.6 Å². The van der Waals surface area contributed by atoms with Crippen LogP contribution in [0.3, 0.4) is 0 Å². The van der Waals surface area contributed by atoms with E-state index in [1.54, 1.807) is 16.9 Å². The largest absolute Gasteiger partial charge is 0.404 e. The number of pyridine rings is 1. The van der Waals surface area contributed by atoms with Gasteiger partial charge >= 0.3 is 0 Å². The lowest BCUT2D eigenvalue weighted by Crippen LogP contribution is -2.02. The van der Waals surface area contributed by atoms with Crippen LogP contribution >= 0.6 is 0 Å². The van der Waals surface area contributed by atoms with Crippen LogP contribution < -0.4 is 5.73 Å². The average molecular weight is 265 g/mol. The summed E-state index contributed by atoms with van der Waals surface area (Å²) in [6, 6.07) is 5.56. The fourth-order valence-electron chi connectivity index (χ4n) is 1.90. The van der Waals surface area contributed by atoms with Gasteiger partial charge in [0.2, 0.25) is 0 Å². The van der Waals surface area contributed by atoms with E-state index in [0.717, 1.165) is 17.5 Å². The summed E-state index contributed by atoms with van der Waals surface area (Å²) < 4.78 is 1.64. The molecule has 0 aliphatic rings. The molecule has 0 aliphatic heterocycles. The average Bonchev–Trinajstić information content (AvgIpc) is 2.97. The van der Waals surface area contributed by atoms with Gasteiger partial charge in [-0.05, 0) is 18.2 Å². The summed E-state index contributed by atoms with van der Waals surface area (Å²) in [6.07, 6.45) is 7.35. The van der Waals surface area contributed by atoms with Gasteiger partial charge in [-0.3, -0.25) is 4.98 Å². The molecular formula is C13H11N7. The van der Waals surface area contributed by atoms with E-state index in [4.69, 9.17) is 11.1 Å². The van der Waals surface area contributed by atoms with E-state index in [0.29, 0.717) is 17.0 Å². The van der Waals surface area contributed by atoms with Gasteiger partial charge in [-0.1, -0.05) is 0 Å². The summed E-state index contributed by atoms with van der Waals surface area (Å²) >= 11 is 0. The summed E-state index contributed by atoms with van der Waals surface area (Å²) in [7, 11) is 0. The molecule has 0 aromatic carbocycles. The first-order valence-electron chi connectivity index (χ1n) is 5.87. The highest BCUT2D eigenvalue weighted by atomic mass is 15.3. The predicted molar refractivity (Wildman–Crippen MR) is 75.0 cm³/mol. The minimum absolute atomic E-state index is 0.454. The minimum Gasteiger partial charge on any atom is -0.404 e. The van der Waals surface area contributed by atoms with Gasteiger partial charge in [0.05, 0.1) is 11.4 Å². The van der Waals surface area contributed by atoms with Gasteiger partial charge in [-0.15, -0.1) is 0 Å². The molecule has 0 bridgehead atoms. The zero-order chi connectivity index (χ0) is 13.9. The van der Waals surface area contributed by atoms with E-state index in [2.05, 4.69) is 20.1 Å². The molecule has 0 fully saturated rings. The Morgan fingerprint density at radius 2 is 2.10 bits per heavy atom. The fraction of sp³-hybridized carbons (Fsp3) is 0. The van der Waals surface area contributed by atoms with Crippen LogP contribution in [0.4, 0.5) is 0 Å². The smallest absolute Gasteiger partial charge is 0.253 e. The Morgan fingerprint density at radius 1 is 1.30 bits per heavy atom. The second-order valence-electron chi connectivity index (χ2n) is 4.00. The maximum absolute atomic E-state index is 7.38. The molecule has 3 aromatic heterocycles. The molecule has 3 heterocycles. The maximum Gasteiger partial charge on any atom is 0.253 e. The fourth-order valence-corrected chi connectivity index (χ4v) is 1.90. The van der Waals surface area contributed by atoms with Crippen molar-refractivity contribution in [2.45, 2.75) is 0 Å². The molecule has 7 heteroatoms. The van der Waals surface area contributed by atoms with Gasteiger partial charge < -0.3 is 11.1 Å². The third-order valence-electron chi connectivity index (χ3n) is 2.86. The minimum atomic E-state index is 0.454. The molecule has 3 aromatic rings. The second-order valence-corrected chi connectivity index (χ2v) is 4.00. The molecule has 0 saturated carbocycles. The number of allylic oxidation sites excluding steroid dienone is 1. The first kappa shape index (κ1) is 12.0. The van der Waals surface area contributed by atoms with Crippen molar-refractivity contribution in [3.63, 3.8) is 0 Å². The number of hydrogen-bond donors (Lipinski definition) is 2. The van der Waals surface area contributed by atoms with Gasteiger partial charge in [0.25, 0.3) is 5.78 Å². The van der Waals surface area contributed by atoms with Crippen LogP contribution in [0.5, 0.6) is 0 Å². The van der Waals surface area contributed by atoms with Gasteiger partial charge in [0, 0.05) is 35.9 Å². The van der Waals surface area contributed by atoms with Crippen LogP contribution in [0, 0.1) is 5.41 Å². The van der Waals surface area contributed by atoms with Crippen LogP contribution in [0.25, 0.3) is 22.6 Å². The van der Waals surface area contributed by atoms with Gasteiger partial charge in [-0.2, -0.15) is 14.6 Å². The normalized spacial score (nSPS) is 11.7. The lowest BCUT2D eigenvalue weighted by molar-refractivity contribution is 0.944.